The van der Waals surface area contributed by atoms with E-state index in [1.165, 1.54) is 30.3 Å². The first kappa shape index (κ1) is 16.3. The zero-order valence-corrected chi connectivity index (χ0v) is 14.1. The maximum Gasteiger partial charge on any atom is 0.336 e. The molecule has 0 spiro atoms. The summed E-state index contributed by atoms with van der Waals surface area (Å²) < 4.78 is 32.6. The third kappa shape index (κ3) is 3.33. The Kier molecular flexibility index (Phi) is 4.15. The molecular weight excluding hydrogens is 326 g/mol. The van der Waals surface area contributed by atoms with E-state index in [1.54, 1.807) is 12.1 Å². The van der Waals surface area contributed by atoms with Gasteiger partial charge in [0.1, 0.15) is 5.58 Å². The highest BCUT2D eigenvalue weighted by molar-refractivity contribution is 7.92. The summed E-state index contributed by atoms with van der Waals surface area (Å²) in [5.41, 5.74) is 1.52. The minimum atomic E-state index is -3.72. The molecule has 24 heavy (non-hydrogen) atoms. The number of hydrogen-bond acceptors (Lipinski definition) is 4. The summed E-state index contributed by atoms with van der Waals surface area (Å²) in [4.78, 5) is 11.3. The molecule has 3 aromatic rings. The van der Waals surface area contributed by atoms with Gasteiger partial charge in [-0.05, 0) is 47.9 Å². The van der Waals surface area contributed by atoms with Crippen molar-refractivity contribution in [2.75, 3.05) is 4.72 Å². The molecule has 2 aromatic carbocycles. The average Bonchev–Trinajstić information content (AvgIpc) is 2.54. The lowest BCUT2D eigenvalue weighted by molar-refractivity contribution is 0.560. The molecule has 0 amide bonds. The molecule has 5 nitrogen and oxygen atoms in total. The Morgan fingerprint density at radius 2 is 1.67 bits per heavy atom. The maximum absolute atomic E-state index is 12.5. The largest absolute Gasteiger partial charge is 0.423 e. The number of hydrogen-bond donors (Lipinski definition) is 1. The van der Waals surface area contributed by atoms with E-state index in [1.807, 2.05) is 12.1 Å². The zero-order valence-electron chi connectivity index (χ0n) is 13.3. The average molecular weight is 343 g/mol. The van der Waals surface area contributed by atoms with Gasteiger partial charge in [-0.3, -0.25) is 4.72 Å². The van der Waals surface area contributed by atoms with Crippen LogP contribution in [0.1, 0.15) is 25.3 Å². The molecule has 1 aromatic heterocycles. The van der Waals surface area contributed by atoms with Crippen LogP contribution in [-0.2, 0) is 10.0 Å². The minimum absolute atomic E-state index is 0.108. The highest BCUT2D eigenvalue weighted by Gasteiger charge is 2.15. The Bertz CT molecular complexity index is 1030. The fourth-order valence-corrected chi connectivity index (χ4v) is 3.46. The lowest BCUT2D eigenvalue weighted by Crippen LogP contribution is -2.13. The SMILES string of the molecule is CC(C)c1ccc(NS(=O)(=O)c2ccc3oc(=O)ccc3c2)cc1. The van der Waals surface area contributed by atoms with Crippen molar-refractivity contribution in [3.05, 3.63) is 70.6 Å². The van der Waals surface area contributed by atoms with Crippen LogP contribution >= 0.6 is 0 Å². The molecule has 6 heteroatoms. The Morgan fingerprint density at radius 1 is 0.958 bits per heavy atom. The third-order valence-corrected chi connectivity index (χ3v) is 5.11. The number of anilines is 1. The van der Waals surface area contributed by atoms with Crippen LogP contribution in [0.2, 0.25) is 0 Å². The van der Waals surface area contributed by atoms with E-state index < -0.39 is 15.6 Å². The van der Waals surface area contributed by atoms with Gasteiger partial charge in [-0.15, -0.1) is 0 Å². The molecule has 0 atom stereocenters. The second-order valence-corrected chi connectivity index (χ2v) is 7.52. The molecule has 124 valence electrons. The lowest BCUT2D eigenvalue weighted by Gasteiger charge is -2.10. The second-order valence-electron chi connectivity index (χ2n) is 5.84. The van der Waals surface area contributed by atoms with Crippen LogP contribution in [0.15, 0.2) is 68.7 Å². The summed E-state index contributed by atoms with van der Waals surface area (Å²) in [6.07, 6.45) is 0. The topological polar surface area (TPSA) is 76.4 Å². The van der Waals surface area contributed by atoms with E-state index in [2.05, 4.69) is 18.6 Å². The predicted molar refractivity (Wildman–Crippen MR) is 93.8 cm³/mol. The summed E-state index contributed by atoms with van der Waals surface area (Å²) >= 11 is 0. The van der Waals surface area contributed by atoms with E-state index in [0.717, 1.165) is 5.56 Å². The summed E-state index contributed by atoms with van der Waals surface area (Å²) in [5.74, 6) is 0.380. The van der Waals surface area contributed by atoms with Crippen LogP contribution in [0.4, 0.5) is 5.69 Å². The Labute approximate surface area is 140 Å². The summed E-state index contributed by atoms with van der Waals surface area (Å²) in [6.45, 7) is 4.15. The predicted octanol–water partition coefficient (Wildman–Crippen LogP) is 3.72. The fraction of sp³-hybridized carbons (Fsp3) is 0.167. The molecule has 0 bridgehead atoms. The molecule has 0 radical (unpaired) electrons. The Balaban J connectivity index is 1.92. The van der Waals surface area contributed by atoms with E-state index in [4.69, 9.17) is 4.42 Å². The van der Waals surface area contributed by atoms with Gasteiger partial charge in [0.05, 0.1) is 4.90 Å². The van der Waals surface area contributed by atoms with Gasteiger partial charge in [0.25, 0.3) is 10.0 Å². The first-order valence-electron chi connectivity index (χ1n) is 7.52. The maximum atomic E-state index is 12.5. The Hall–Kier alpha value is -2.60. The van der Waals surface area contributed by atoms with Crippen molar-refractivity contribution in [3.8, 4) is 0 Å². The molecule has 0 fully saturated rings. The standard InChI is InChI=1S/C18H17NO4S/c1-12(2)13-3-6-15(7-4-13)19-24(21,22)16-8-9-17-14(11-16)5-10-18(20)23-17/h3-12,19H,1-2H3. The minimum Gasteiger partial charge on any atom is -0.423 e. The van der Waals surface area contributed by atoms with Crippen LogP contribution in [0.25, 0.3) is 11.0 Å². The van der Waals surface area contributed by atoms with Crippen LogP contribution in [0.5, 0.6) is 0 Å². The summed E-state index contributed by atoms with van der Waals surface area (Å²) in [5, 5.41) is 0.549. The molecule has 0 saturated carbocycles. The smallest absolute Gasteiger partial charge is 0.336 e. The monoisotopic (exact) mass is 343 g/mol. The molecular formula is C18H17NO4S. The zero-order chi connectivity index (χ0) is 17.3. The lowest BCUT2D eigenvalue weighted by atomic mass is 10.0. The van der Waals surface area contributed by atoms with Gasteiger partial charge in [0.2, 0.25) is 0 Å². The highest BCUT2D eigenvalue weighted by Crippen LogP contribution is 2.22. The van der Waals surface area contributed by atoms with Crippen molar-refractivity contribution in [2.24, 2.45) is 0 Å². The quantitative estimate of drug-likeness (QED) is 0.733. The van der Waals surface area contributed by atoms with Crippen molar-refractivity contribution in [2.45, 2.75) is 24.7 Å². The molecule has 0 aliphatic heterocycles. The molecule has 0 aliphatic carbocycles. The summed E-state index contributed by atoms with van der Waals surface area (Å²) in [7, 11) is -3.72. The number of rotatable bonds is 4. The fourth-order valence-electron chi connectivity index (χ4n) is 2.37. The summed E-state index contributed by atoms with van der Waals surface area (Å²) in [6, 6.07) is 14.5. The molecule has 0 unspecified atom stereocenters. The van der Waals surface area contributed by atoms with Gasteiger partial charge in [-0.25, -0.2) is 13.2 Å². The number of sulfonamides is 1. The highest BCUT2D eigenvalue weighted by atomic mass is 32.2. The van der Waals surface area contributed by atoms with Crippen molar-refractivity contribution in [1.82, 2.24) is 0 Å². The third-order valence-electron chi connectivity index (χ3n) is 3.73. The van der Waals surface area contributed by atoms with Crippen LogP contribution < -0.4 is 10.3 Å². The van der Waals surface area contributed by atoms with Crippen LogP contribution in [-0.4, -0.2) is 8.42 Å². The van der Waals surface area contributed by atoms with E-state index in [-0.39, 0.29) is 4.90 Å². The van der Waals surface area contributed by atoms with Gasteiger partial charge in [0, 0.05) is 17.1 Å². The van der Waals surface area contributed by atoms with Gasteiger partial charge >= 0.3 is 5.63 Å². The van der Waals surface area contributed by atoms with Crippen LogP contribution in [0.3, 0.4) is 0 Å². The second kappa shape index (κ2) is 6.13. The molecule has 0 saturated heterocycles. The van der Waals surface area contributed by atoms with E-state index >= 15 is 0 Å². The van der Waals surface area contributed by atoms with Crippen LogP contribution in [0, 0.1) is 0 Å². The van der Waals surface area contributed by atoms with E-state index in [9.17, 15) is 13.2 Å². The van der Waals surface area contributed by atoms with Gasteiger partial charge in [0.15, 0.2) is 0 Å². The van der Waals surface area contributed by atoms with Gasteiger partial charge in [-0.2, -0.15) is 0 Å². The molecule has 0 aliphatic rings. The molecule has 3 rings (SSSR count). The van der Waals surface area contributed by atoms with Crippen molar-refractivity contribution in [3.63, 3.8) is 0 Å². The Morgan fingerprint density at radius 3 is 2.33 bits per heavy atom. The van der Waals surface area contributed by atoms with Crippen molar-refractivity contribution in [1.29, 1.82) is 0 Å². The van der Waals surface area contributed by atoms with Gasteiger partial charge in [-0.1, -0.05) is 26.0 Å². The number of benzene rings is 2. The molecule has 1 heterocycles. The first-order valence-corrected chi connectivity index (χ1v) is 9.00. The first-order chi connectivity index (χ1) is 11.3. The normalized spacial score (nSPS) is 11.8. The van der Waals surface area contributed by atoms with E-state index in [0.29, 0.717) is 22.6 Å². The number of nitrogens with one attached hydrogen (secondary N) is 1. The van der Waals surface area contributed by atoms with Crippen molar-refractivity contribution >= 4 is 26.7 Å². The number of fused-ring (bicyclic) bond motifs is 1. The van der Waals surface area contributed by atoms with Crippen molar-refractivity contribution < 1.29 is 12.8 Å². The van der Waals surface area contributed by atoms with Gasteiger partial charge < -0.3 is 4.42 Å². The molecule has 1 N–H and O–H groups in total.